The molecule has 0 fully saturated rings. The van der Waals surface area contributed by atoms with Crippen molar-refractivity contribution >= 4 is 24.0 Å². The molecular formula is C25H30F3N3O7. The predicted octanol–water partition coefficient (Wildman–Crippen LogP) is 5.33. The lowest BCUT2D eigenvalue weighted by Crippen LogP contribution is -2.46. The molecule has 0 aliphatic rings. The summed E-state index contributed by atoms with van der Waals surface area (Å²) in [6, 6.07) is 1.68. The van der Waals surface area contributed by atoms with Gasteiger partial charge in [-0.15, -0.1) is 0 Å². The quantitative estimate of drug-likeness (QED) is 0.378. The van der Waals surface area contributed by atoms with Crippen LogP contribution in [-0.4, -0.2) is 46.0 Å². The first-order valence-electron chi connectivity index (χ1n) is 11.3. The lowest BCUT2D eigenvalue weighted by Gasteiger charge is -2.28. The van der Waals surface area contributed by atoms with Crippen LogP contribution in [0, 0.1) is 13.8 Å². The Hall–Kier alpha value is -3.90. The van der Waals surface area contributed by atoms with Gasteiger partial charge in [-0.3, -0.25) is 9.36 Å². The number of imide groups is 1. The van der Waals surface area contributed by atoms with E-state index in [0.29, 0.717) is 4.90 Å². The molecule has 0 saturated carbocycles. The molecule has 1 aromatic heterocycles. The number of carbonyl (C=O) groups is 3. The second-order valence-electron chi connectivity index (χ2n) is 10.4. The predicted molar refractivity (Wildman–Crippen MR) is 131 cm³/mol. The van der Waals surface area contributed by atoms with E-state index in [1.54, 1.807) is 0 Å². The van der Waals surface area contributed by atoms with Crippen LogP contribution >= 0.6 is 0 Å². The molecule has 2 amide bonds. The molecule has 208 valence electrons. The Labute approximate surface area is 217 Å². The van der Waals surface area contributed by atoms with E-state index < -0.39 is 58.0 Å². The maximum absolute atomic E-state index is 13.6. The minimum Gasteiger partial charge on any atom is -0.465 e. The van der Waals surface area contributed by atoms with Gasteiger partial charge in [-0.1, -0.05) is 0 Å². The highest BCUT2D eigenvalue weighted by atomic mass is 19.4. The summed E-state index contributed by atoms with van der Waals surface area (Å²) in [4.78, 5) is 56.7. The molecule has 0 aliphatic carbocycles. The van der Waals surface area contributed by atoms with Crippen LogP contribution in [-0.2, 0) is 20.4 Å². The molecular weight excluding hydrogens is 511 g/mol. The Morgan fingerprint density at radius 1 is 0.895 bits per heavy atom. The monoisotopic (exact) mass is 541 g/mol. The van der Waals surface area contributed by atoms with E-state index in [2.05, 4.69) is 4.98 Å². The normalized spacial score (nSPS) is 12.1. The molecule has 2 aromatic rings. The average Bonchev–Trinajstić information content (AvgIpc) is 2.71. The van der Waals surface area contributed by atoms with Crippen molar-refractivity contribution in [3.63, 3.8) is 0 Å². The Morgan fingerprint density at radius 2 is 1.34 bits per heavy atom. The zero-order valence-corrected chi connectivity index (χ0v) is 22.6. The van der Waals surface area contributed by atoms with Gasteiger partial charge in [0.15, 0.2) is 11.4 Å². The molecule has 0 N–H and O–H groups in total. The average molecular weight is 542 g/mol. The maximum Gasteiger partial charge on any atom is 0.425 e. The van der Waals surface area contributed by atoms with E-state index in [1.165, 1.54) is 55.4 Å². The van der Waals surface area contributed by atoms with Crippen molar-refractivity contribution in [3.8, 4) is 5.69 Å². The SMILES string of the molecule is COC(=O)c1c(N(C(=O)OC(C)(C)C)C(=O)OC(C)(C)C)ncn(-c2c(C)cc(C(F)(F)F)cc2C)c1=O. The van der Waals surface area contributed by atoms with Crippen molar-refractivity contribution in [1.82, 2.24) is 9.55 Å². The minimum atomic E-state index is -4.63. The molecule has 0 saturated heterocycles. The fraction of sp³-hybridized carbons (Fsp3) is 0.480. The van der Waals surface area contributed by atoms with E-state index in [-0.39, 0.29) is 16.8 Å². The number of carbonyl (C=O) groups excluding carboxylic acids is 3. The number of esters is 1. The lowest BCUT2D eigenvalue weighted by atomic mass is 10.0. The van der Waals surface area contributed by atoms with Crippen LogP contribution in [0.1, 0.15) is 68.6 Å². The molecule has 0 aliphatic heterocycles. The fourth-order valence-electron chi connectivity index (χ4n) is 3.42. The van der Waals surface area contributed by atoms with E-state index in [4.69, 9.17) is 14.2 Å². The van der Waals surface area contributed by atoms with E-state index in [1.807, 2.05) is 0 Å². The summed E-state index contributed by atoms with van der Waals surface area (Å²) in [5.41, 5.74) is -4.92. The maximum atomic E-state index is 13.6. The van der Waals surface area contributed by atoms with Gasteiger partial charge in [-0.05, 0) is 78.6 Å². The number of nitrogens with zero attached hydrogens (tertiary/aromatic N) is 3. The van der Waals surface area contributed by atoms with Crippen LogP contribution in [0.25, 0.3) is 5.69 Å². The summed E-state index contributed by atoms with van der Waals surface area (Å²) in [6.45, 7) is 11.9. The number of halogens is 3. The molecule has 0 spiro atoms. The van der Waals surface area contributed by atoms with E-state index in [0.717, 1.165) is 30.1 Å². The first-order valence-corrected chi connectivity index (χ1v) is 11.3. The number of amides is 2. The van der Waals surface area contributed by atoms with Crippen LogP contribution < -0.4 is 10.5 Å². The van der Waals surface area contributed by atoms with Gasteiger partial charge in [0.05, 0.1) is 18.4 Å². The molecule has 0 atom stereocenters. The number of anilines is 1. The standard InChI is InChI=1S/C25H30F3N3O7/c1-13-10-15(25(26,27)28)11-14(2)17(13)30-12-29-18(16(19(30)32)20(33)36-9)31(21(34)37-23(3,4)5)22(35)38-24(6,7)8/h10-12H,1-9H3. The first-order chi connectivity index (χ1) is 17.2. The Balaban J connectivity index is 2.87. The van der Waals surface area contributed by atoms with Crippen molar-refractivity contribution in [2.45, 2.75) is 72.8 Å². The van der Waals surface area contributed by atoms with Gasteiger partial charge in [0.25, 0.3) is 5.56 Å². The van der Waals surface area contributed by atoms with Gasteiger partial charge >= 0.3 is 24.3 Å². The molecule has 0 unspecified atom stereocenters. The number of aromatic nitrogens is 2. The van der Waals surface area contributed by atoms with Crippen LogP contribution in [0.2, 0.25) is 0 Å². The van der Waals surface area contributed by atoms with E-state index >= 15 is 0 Å². The second kappa shape index (κ2) is 10.5. The number of ether oxygens (including phenoxy) is 3. The van der Waals surface area contributed by atoms with Gasteiger partial charge < -0.3 is 14.2 Å². The third-order valence-electron chi connectivity index (χ3n) is 4.76. The third kappa shape index (κ3) is 6.90. The number of methoxy groups -OCH3 is 1. The fourth-order valence-corrected chi connectivity index (χ4v) is 3.42. The van der Waals surface area contributed by atoms with Gasteiger partial charge in [0, 0.05) is 0 Å². The number of hydrogen-bond acceptors (Lipinski definition) is 8. The Morgan fingerprint density at radius 3 is 1.71 bits per heavy atom. The largest absolute Gasteiger partial charge is 0.465 e. The first kappa shape index (κ1) is 30.3. The van der Waals surface area contributed by atoms with Gasteiger partial charge in [0.2, 0.25) is 0 Å². The minimum absolute atomic E-state index is 0.0216. The summed E-state index contributed by atoms with van der Waals surface area (Å²) in [7, 11) is 0.961. The molecule has 38 heavy (non-hydrogen) atoms. The molecule has 0 radical (unpaired) electrons. The van der Waals surface area contributed by atoms with Crippen molar-refractivity contribution in [2.24, 2.45) is 0 Å². The topological polar surface area (TPSA) is 117 Å². The summed E-state index contributed by atoms with van der Waals surface area (Å²) >= 11 is 0. The number of benzene rings is 1. The zero-order valence-electron chi connectivity index (χ0n) is 22.6. The van der Waals surface area contributed by atoms with Gasteiger partial charge in [-0.2, -0.15) is 18.1 Å². The van der Waals surface area contributed by atoms with Crippen molar-refractivity contribution in [2.75, 3.05) is 12.0 Å². The number of hydrogen-bond donors (Lipinski definition) is 0. The van der Waals surface area contributed by atoms with Crippen molar-refractivity contribution in [3.05, 3.63) is 51.1 Å². The molecule has 2 rings (SSSR count). The lowest BCUT2D eigenvalue weighted by molar-refractivity contribution is -0.137. The third-order valence-corrected chi connectivity index (χ3v) is 4.76. The number of alkyl halides is 3. The summed E-state index contributed by atoms with van der Waals surface area (Å²) in [5.74, 6) is -1.99. The second-order valence-corrected chi connectivity index (χ2v) is 10.4. The van der Waals surface area contributed by atoms with Crippen molar-refractivity contribution in [1.29, 1.82) is 0 Å². The van der Waals surface area contributed by atoms with Crippen LogP contribution in [0.5, 0.6) is 0 Å². The molecule has 1 aromatic carbocycles. The zero-order chi connectivity index (χ0) is 29.4. The smallest absolute Gasteiger partial charge is 0.425 e. The molecule has 0 bridgehead atoms. The van der Waals surface area contributed by atoms with Gasteiger partial charge in [0.1, 0.15) is 17.5 Å². The number of aryl methyl sites for hydroxylation is 2. The molecule has 1 heterocycles. The highest BCUT2D eigenvalue weighted by Gasteiger charge is 2.38. The van der Waals surface area contributed by atoms with Crippen molar-refractivity contribution < 1.29 is 41.8 Å². The highest BCUT2D eigenvalue weighted by Crippen LogP contribution is 2.33. The highest BCUT2D eigenvalue weighted by molar-refractivity contribution is 6.12. The Kier molecular flexibility index (Phi) is 8.35. The Bertz CT molecular complexity index is 1270. The number of rotatable bonds is 3. The molecule has 10 nitrogen and oxygen atoms in total. The van der Waals surface area contributed by atoms with Crippen LogP contribution in [0.15, 0.2) is 23.3 Å². The van der Waals surface area contributed by atoms with Crippen LogP contribution in [0.3, 0.4) is 0 Å². The summed E-state index contributed by atoms with van der Waals surface area (Å²) in [5, 5.41) is 0. The molecule has 13 heteroatoms. The van der Waals surface area contributed by atoms with Gasteiger partial charge in [-0.25, -0.2) is 19.4 Å². The summed E-state index contributed by atoms with van der Waals surface area (Å²) in [6.07, 6.45) is -6.32. The van der Waals surface area contributed by atoms with Crippen LogP contribution in [0.4, 0.5) is 28.6 Å². The summed E-state index contributed by atoms with van der Waals surface area (Å²) < 4.78 is 55.9. The van der Waals surface area contributed by atoms with E-state index in [9.17, 15) is 32.3 Å².